The summed E-state index contributed by atoms with van der Waals surface area (Å²) in [4.78, 5) is 46.2. The van der Waals surface area contributed by atoms with Crippen molar-refractivity contribution < 1.29 is 38.5 Å². The highest BCUT2D eigenvalue weighted by Crippen LogP contribution is 2.32. The van der Waals surface area contributed by atoms with Crippen LogP contribution in [0.1, 0.15) is 119 Å². The summed E-state index contributed by atoms with van der Waals surface area (Å²) in [6, 6.07) is 0. The van der Waals surface area contributed by atoms with Gasteiger partial charge in [0.25, 0.3) is 0 Å². The second-order valence-corrected chi connectivity index (χ2v) is 12.3. The first-order valence-corrected chi connectivity index (χ1v) is 13.3. The fourth-order valence-corrected chi connectivity index (χ4v) is 4.83. The van der Waals surface area contributed by atoms with Gasteiger partial charge in [0.15, 0.2) is 0 Å². The third-order valence-corrected chi connectivity index (χ3v) is 6.35. The number of carbonyl (C=O) groups is 4. The molecular formula is C27H48N2O8. The van der Waals surface area contributed by atoms with Gasteiger partial charge in [-0.15, -0.1) is 0 Å². The van der Waals surface area contributed by atoms with Crippen molar-refractivity contribution in [3.8, 4) is 0 Å². The van der Waals surface area contributed by atoms with Gasteiger partial charge in [-0.2, -0.15) is 0 Å². The topological polar surface area (TPSA) is 140 Å². The number of carboxylic acid groups (broad SMARTS) is 1. The van der Waals surface area contributed by atoms with Crippen LogP contribution < -0.4 is 10.6 Å². The number of ether oxygens (including phenoxy) is 3. The van der Waals surface area contributed by atoms with Crippen LogP contribution in [0.5, 0.6) is 0 Å². The van der Waals surface area contributed by atoms with E-state index in [2.05, 4.69) is 10.6 Å². The summed E-state index contributed by atoms with van der Waals surface area (Å²) in [6.45, 7) is 10.8. The van der Waals surface area contributed by atoms with Gasteiger partial charge in [-0.25, -0.2) is 9.59 Å². The molecular weight excluding hydrogens is 480 g/mol. The predicted octanol–water partition coefficient (Wildman–Crippen LogP) is 5.47. The molecule has 2 aliphatic carbocycles. The van der Waals surface area contributed by atoms with Gasteiger partial charge in [-0.3, -0.25) is 9.59 Å². The molecule has 10 heteroatoms. The molecule has 2 rings (SSSR count). The van der Waals surface area contributed by atoms with Gasteiger partial charge < -0.3 is 30.0 Å². The van der Waals surface area contributed by atoms with E-state index >= 15 is 0 Å². The molecule has 0 aromatic carbocycles. The Morgan fingerprint density at radius 2 is 1.03 bits per heavy atom. The minimum absolute atomic E-state index is 0.0355. The Morgan fingerprint density at radius 3 is 1.32 bits per heavy atom. The van der Waals surface area contributed by atoms with E-state index in [1.807, 2.05) is 20.8 Å². The zero-order valence-corrected chi connectivity index (χ0v) is 23.8. The molecule has 0 aromatic heterocycles. The van der Waals surface area contributed by atoms with Gasteiger partial charge in [-0.05, 0) is 67.2 Å². The second-order valence-electron chi connectivity index (χ2n) is 12.3. The van der Waals surface area contributed by atoms with Crippen molar-refractivity contribution in [1.29, 1.82) is 0 Å². The Hall–Kier alpha value is -2.52. The number of carbonyl (C=O) groups excluding carboxylic acids is 3. The summed E-state index contributed by atoms with van der Waals surface area (Å²) >= 11 is 0. The van der Waals surface area contributed by atoms with E-state index < -0.39 is 40.4 Å². The van der Waals surface area contributed by atoms with E-state index in [0.717, 1.165) is 51.4 Å². The smallest absolute Gasteiger partial charge is 0.408 e. The van der Waals surface area contributed by atoms with E-state index in [0.29, 0.717) is 12.8 Å². The third-order valence-electron chi connectivity index (χ3n) is 6.35. The molecule has 0 radical (unpaired) electrons. The summed E-state index contributed by atoms with van der Waals surface area (Å²) in [5, 5.41) is 14.7. The van der Waals surface area contributed by atoms with E-state index in [-0.39, 0.29) is 18.8 Å². The lowest BCUT2D eigenvalue weighted by Gasteiger charge is -2.37. The largest absolute Gasteiger partial charge is 0.481 e. The van der Waals surface area contributed by atoms with E-state index in [9.17, 15) is 19.2 Å². The standard InChI is InChI=1S/C14H25NO4.C13H23NO4/c1-13(2,3)19-12(17)15-14(10-11(16)18-4)8-6-5-7-9-14;1-12(2,3)18-11(17)14-13(9-10(15)16)7-5-4-6-8-13/h5-10H2,1-4H3,(H,15,17);4-9H2,1-3H3,(H,14,17)(H,15,16). The van der Waals surface area contributed by atoms with E-state index in [4.69, 9.17) is 19.3 Å². The van der Waals surface area contributed by atoms with E-state index in [1.165, 1.54) is 7.11 Å². The molecule has 2 aliphatic rings. The maximum absolute atomic E-state index is 11.9. The molecule has 214 valence electrons. The number of alkyl carbamates (subject to hydrolysis) is 2. The van der Waals surface area contributed by atoms with Crippen molar-refractivity contribution in [2.24, 2.45) is 0 Å². The first kappa shape index (κ1) is 32.5. The Morgan fingerprint density at radius 1 is 0.676 bits per heavy atom. The van der Waals surface area contributed by atoms with Crippen LogP contribution in [0.2, 0.25) is 0 Å². The minimum atomic E-state index is -0.882. The second kappa shape index (κ2) is 13.9. The Kier molecular flexibility index (Phi) is 12.2. The molecule has 2 saturated carbocycles. The summed E-state index contributed by atoms with van der Waals surface area (Å²) in [5.41, 5.74) is -2.24. The number of aliphatic carboxylic acids is 1. The number of hydrogen-bond donors (Lipinski definition) is 3. The number of methoxy groups -OCH3 is 1. The molecule has 0 bridgehead atoms. The average molecular weight is 529 g/mol. The van der Waals surface area contributed by atoms with Gasteiger partial charge in [-0.1, -0.05) is 38.5 Å². The molecule has 10 nitrogen and oxygen atoms in total. The Bertz CT molecular complexity index is 770. The molecule has 2 amide bonds. The lowest BCUT2D eigenvalue weighted by Crippen LogP contribution is -2.52. The normalized spacial score (nSPS) is 18.8. The molecule has 0 heterocycles. The van der Waals surface area contributed by atoms with Crippen LogP contribution in [0.3, 0.4) is 0 Å². The summed E-state index contributed by atoms with van der Waals surface area (Å²) in [5.74, 6) is -1.18. The lowest BCUT2D eigenvalue weighted by molar-refractivity contribution is -0.143. The SMILES string of the molecule is CC(C)(C)OC(=O)NC1(CC(=O)O)CCCCC1.COC(=O)CC1(NC(=O)OC(C)(C)C)CCCCC1. The summed E-state index contributed by atoms with van der Waals surface area (Å²) < 4.78 is 15.2. The number of rotatable bonds is 6. The molecule has 2 fully saturated rings. The fraction of sp³-hybridized carbons (Fsp3) is 0.852. The van der Waals surface area contributed by atoms with Crippen LogP contribution in [0, 0.1) is 0 Å². The number of hydrogen-bond acceptors (Lipinski definition) is 7. The molecule has 0 spiro atoms. The number of nitrogens with one attached hydrogen (secondary N) is 2. The van der Waals surface area contributed by atoms with Gasteiger partial charge in [0.1, 0.15) is 11.2 Å². The zero-order valence-electron chi connectivity index (χ0n) is 23.8. The quantitative estimate of drug-likeness (QED) is 0.305. The van der Waals surface area contributed by atoms with Crippen LogP contribution in [0.15, 0.2) is 0 Å². The van der Waals surface area contributed by atoms with Gasteiger partial charge in [0.2, 0.25) is 0 Å². The lowest BCUT2D eigenvalue weighted by atomic mass is 9.79. The van der Waals surface area contributed by atoms with Crippen LogP contribution in [0.4, 0.5) is 9.59 Å². The molecule has 0 unspecified atom stereocenters. The molecule has 0 aromatic rings. The van der Waals surface area contributed by atoms with E-state index in [1.54, 1.807) is 20.8 Å². The number of carboxylic acids is 1. The van der Waals surface area contributed by atoms with Crippen LogP contribution in [-0.4, -0.2) is 58.6 Å². The molecule has 37 heavy (non-hydrogen) atoms. The molecule has 0 atom stereocenters. The molecule has 0 aliphatic heterocycles. The van der Waals surface area contributed by atoms with Gasteiger partial charge in [0.05, 0.1) is 31.0 Å². The van der Waals surface area contributed by atoms with Gasteiger partial charge >= 0.3 is 24.1 Å². The van der Waals surface area contributed by atoms with Crippen LogP contribution in [0.25, 0.3) is 0 Å². The van der Waals surface area contributed by atoms with Crippen molar-refractivity contribution >= 4 is 24.1 Å². The molecule has 3 N–H and O–H groups in total. The summed E-state index contributed by atoms with van der Waals surface area (Å²) in [7, 11) is 1.37. The third kappa shape index (κ3) is 13.6. The maximum Gasteiger partial charge on any atom is 0.408 e. The Balaban J connectivity index is 0.000000371. The Labute approximate surface area is 221 Å². The monoisotopic (exact) mass is 528 g/mol. The maximum atomic E-state index is 11.9. The zero-order chi connectivity index (χ0) is 28.3. The highest BCUT2D eigenvalue weighted by Gasteiger charge is 2.38. The first-order valence-electron chi connectivity index (χ1n) is 13.3. The van der Waals surface area contributed by atoms with Gasteiger partial charge in [0, 0.05) is 0 Å². The van der Waals surface area contributed by atoms with Crippen molar-refractivity contribution in [3.05, 3.63) is 0 Å². The predicted molar refractivity (Wildman–Crippen MR) is 139 cm³/mol. The highest BCUT2D eigenvalue weighted by molar-refractivity contribution is 5.74. The first-order chi connectivity index (χ1) is 17.0. The van der Waals surface area contributed by atoms with Crippen LogP contribution >= 0.6 is 0 Å². The van der Waals surface area contributed by atoms with Crippen molar-refractivity contribution in [2.45, 2.75) is 141 Å². The fourth-order valence-electron chi connectivity index (χ4n) is 4.83. The van der Waals surface area contributed by atoms with Crippen molar-refractivity contribution in [1.82, 2.24) is 10.6 Å². The highest BCUT2D eigenvalue weighted by atomic mass is 16.6. The van der Waals surface area contributed by atoms with Crippen molar-refractivity contribution in [3.63, 3.8) is 0 Å². The van der Waals surface area contributed by atoms with Crippen molar-refractivity contribution in [2.75, 3.05) is 7.11 Å². The average Bonchev–Trinajstić information content (AvgIpc) is 2.71. The minimum Gasteiger partial charge on any atom is -0.481 e. The number of esters is 1. The number of amides is 2. The van der Waals surface area contributed by atoms with Crippen LogP contribution in [-0.2, 0) is 23.8 Å². The molecule has 0 saturated heterocycles. The summed E-state index contributed by atoms with van der Waals surface area (Å²) in [6.07, 6.45) is 8.33.